The minimum atomic E-state index is 0.271. The normalized spacial score (nSPS) is 17.4. The molecule has 2 aromatic rings. The highest BCUT2D eigenvalue weighted by atomic mass is 16.5. The van der Waals surface area contributed by atoms with Crippen LogP contribution in [0.4, 0.5) is 0 Å². The Morgan fingerprint density at radius 1 is 1.31 bits per heavy atom. The van der Waals surface area contributed by atoms with Gasteiger partial charge in [-0.25, -0.2) is 4.68 Å². The van der Waals surface area contributed by atoms with E-state index in [0.29, 0.717) is 6.54 Å². The molecule has 0 spiro atoms. The molecule has 0 amide bonds. The van der Waals surface area contributed by atoms with Gasteiger partial charge in [-0.1, -0.05) is 18.2 Å². The number of hydrogen-bond donors (Lipinski definition) is 2. The Bertz CT molecular complexity index is 680. The van der Waals surface area contributed by atoms with Crippen LogP contribution in [-0.4, -0.2) is 55.3 Å². The van der Waals surface area contributed by atoms with Crippen LogP contribution in [0.5, 0.6) is 0 Å². The lowest BCUT2D eigenvalue weighted by molar-refractivity contribution is 0.0420. The van der Waals surface area contributed by atoms with Crippen LogP contribution in [0.3, 0.4) is 0 Å². The molecule has 1 aromatic heterocycles. The fourth-order valence-electron chi connectivity index (χ4n) is 2.75. The van der Waals surface area contributed by atoms with E-state index in [1.165, 1.54) is 0 Å². The van der Waals surface area contributed by atoms with Crippen molar-refractivity contribution in [2.45, 2.75) is 25.5 Å². The lowest BCUT2D eigenvalue weighted by Crippen LogP contribution is -2.37. The molecule has 7 heteroatoms. The first-order valence-corrected chi connectivity index (χ1v) is 9.09. The molecule has 0 bridgehead atoms. The fourth-order valence-corrected chi connectivity index (χ4v) is 2.75. The van der Waals surface area contributed by atoms with Gasteiger partial charge in [-0.05, 0) is 31.0 Å². The molecule has 2 N–H and O–H groups in total. The standard InChI is InChI=1S/C19H27N5O2/c1-20-19(21-10-5-12-26-18-9-13-25-15-18)22-14-16-8-11-24(23-16)17-6-3-2-4-7-17/h2-4,6-8,11,18H,5,9-10,12-15H2,1H3,(H2,20,21,22). The van der Waals surface area contributed by atoms with Crippen LogP contribution in [0.15, 0.2) is 47.6 Å². The third kappa shape index (κ3) is 5.57. The van der Waals surface area contributed by atoms with Crippen molar-refractivity contribution in [3.63, 3.8) is 0 Å². The molecule has 7 nitrogen and oxygen atoms in total. The van der Waals surface area contributed by atoms with Crippen molar-refractivity contribution in [1.82, 2.24) is 20.4 Å². The Morgan fingerprint density at radius 2 is 2.19 bits per heavy atom. The summed E-state index contributed by atoms with van der Waals surface area (Å²) in [6, 6.07) is 12.1. The number of aliphatic imine (C=N–C) groups is 1. The average molecular weight is 357 g/mol. The number of aromatic nitrogens is 2. The molecule has 1 aliphatic rings. The van der Waals surface area contributed by atoms with Gasteiger partial charge in [0.1, 0.15) is 0 Å². The lowest BCUT2D eigenvalue weighted by atomic mass is 10.3. The summed E-state index contributed by atoms with van der Waals surface area (Å²) >= 11 is 0. The van der Waals surface area contributed by atoms with Gasteiger partial charge in [0, 0.05) is 33.0 Å². The summed E-state index contributed by atoms with van der Waals surface area (Å²) in [6.45, 7) is 3.71. The molecule has 26 heavy (non-hydrogen) atoms. The molecule has 1 saturated heterocycles. The predicted molar refractivity (Wildman–Crippen MR) is 102 cm³/mol. The summed E-state index contributed by atoms with van der Waals surface area (Å²) in [4.78, 5) is 4.24. The van der Waals surface area contributed by atoms with Crippen molar-refractivity contribution in [3.05, 3.63) is 48.3 Å². The van der Waals surface area contributed by atoms with E-state index in [9.17, 15) is 0 Å². The molecule has 1 unspecified atom stereocenters. The lowest BCUT2D eigenvalue weighted by Gasteiger charge is -2.12. The van der Waals surface area contributed by atoms with Crippen LogP contribution in [0, 0.1) is 0 Å². The fraction of sp³-hybridized carbons (Fsp3) is 0.474. The number of rotatable bonds is 8. The topological polar surface area (TPSA) is 72.7 Å². The van der Waals surface area contributed by atoms with E-state index >= 15 is 0 Å². The molecule has 1 atom stereocenters. The summed E-state index contributed by atoms with van der Waals surface area (Å²) < 4.78 is 12.9. The molecule has 1 aliphatic heterocycles. The Hall–Kier alpha value is -2.38. The Morgan fingerprint density at radius 3 is 2.96 bits per heavy atom. The van der Waals surface area contributed by atoms with Crippen LogP contribution in [0.25, 0.3) is 5.69 Å². The minimum Gasteiger partial charge on any atom is -0.379 e. The second kappa shape index (κ2) is 9.94. The number of hydrogen-bond acceptors (Lipinski definition) is 4. The predicted octanol–water partition coefficient (Wildman–Crippen LogP) is 1.73. The van der Waals surface area contributed by atoms with Crippen LogP contribution < -0.4 is 10.6 Å². The van der Waals surface area contributed by atoms with Crippen molar-refractivity contribution in [1.29, 1.82) is 0 Å². The average Bonchev–Trinajstić information content (AvgIpc) is 3.36. The highest BCUT2D eigenvalue weighted by Crippen LogP contribution is 2.08. The largest absolute Gasteiger partial charge is 0.379 e. The molecule has 1 fully saturated rings. The first kappa shape index (κ1) is 18.4. The van der Waals surface area contributed by atoms with E-state index in [1.54, 1.807) is 7.05 Å². The van der Waals surface area contributed by atoms with E-state index in [1.807, 2.05) is 47.3 Å². The van der Waals surface area contributed by atoms with E-state index in [4.69, 9.17) is 9.47 Å². The van der Waals surface area contributed by atoms with Crippen LogP contribution in [-0.2, 0) is 16.0 Å². The maximum absolute atomic E-state index is 5.75. The summed E-state index contributed by atoms with van der Waals surface area (Å²) in [5.41, 5.74) is 2.01. The molecule has 140 valence electrons. The van der Waals surface area contributed by atoms with Crippen molar-refractivity contribution in [3.8, 4) is 5.69 Å². The maximum Gasteiger partial charge on any atom is 0.191 e. The first-order valence-electron chi connectivity index (χ1n) is 9.09. The quantitative estimate of drug-likeness (QED) is 0.428. The van der Waals surface area contributed by atoms with E-state index in [2.05, 4.69) is 20.7 Å². The highest BCUT2D eigenvalue weighted by Gasteiger charge is 2.15. The second-order valence-electron chi connectivity index (χ2n) is 6.15. The maximum atomic E-state index is 5.75. The number of benzene rings is 1. The van der Waals surface area contributed by atoms with Gasteiger partial charge >= 0.3 is 0 Å². The van der Waals surface area contributed by atoms with Crippen LogP contribution >= 0.6 is 0 Å². The summed E-state index contributed by atoms with van der Waals surface area (Å²) in [5, 5.41) is 11.2. The zero-order chi connectivity index (χ0) is 18.0. The third-order valence-corrected chi connectivity index (χ3v) is 4.18. The molecule has 2 heterocycles. The zero-order valence-electron chi connectivity index (χ0n) is 15.2. The van der Waals surface area contributed by atoms with Gasteiger partial charge in [-0.3, -0.25) is 4.99 Å². The number of guanidine groups is 1. The van der Waals surface area contributed by atoms with E-state index in [-0.39, 0.29) is 6.10 Å². The van der Waals surface area contributed by atoms with Gasteiger partial charge < -0.3 is 20.1 Å². The van der Waals surface area contributed by atoms with Crippen LogP contribution in [0.2, 0.25) is 0 Å². The molecule has 0 radical (unpaired) electrons. The zero-order valence-corrected chi connectivity index (χ0v) is 15.2. The number of nitrogens with zero attached hydrogens (tertiary/aromatic N) is 3. The Balaban J connectivity index is 1.35. The van der Waals surface area contributed by atoms with Crippen molar-refractivity contribution >= 4 is 5.96 Å². The summed E-state index contributed by atoms with van der Waals surface area (Å²) in [7, 11) is 1.77. The summed E-state index contributed by atoms with van der Waals surface area (Å²) in [5.74, 6) is 0.767. The smallest absolute Gasteiger partial charge is 0.191 e. The van der Waals surface area contributed by atoms with E-state index < -0.39 is 0 Å². The molecule has 0 saturated carbocycles. The molecule has 1 aromatic carbocycles. The number of nitrogens with one attached hydrogen (secondary N) is 2. The van der Waals surface area contributed by atoms with Gasteiger partial charge in [0.15, 0.2) is 5.96 Å². The minimum absolute atomic E-state index is 0.271. The van der Waals surface area contributed by atoms with Crippen LogP contribution in [0.1, 0.15) is 18.5 Å². The Labute approximate surface area is 154 Å². The first-order chi connectivity index (χ1) is 12.8. The molecular weight excluding hydrogens is 330 g/mol. The number of ether oxygens (including phenoxy) is 2. The third-order valence-electron chi connectivity index (χ3n) is 4.18. The van der Waals surface area contributed by atoms with Gasteiger partial charge in [0.25, 0.3) is 0 Å². The monoisotopic (exact) mass is 357 g/mol. The van der Waals surface area contributed by atoms with Crippen molar-refractivity contribution in [2.24, 2.45) is 4.99 Å². The Kier molecular flexibility index (Phi) is 7.04. The molecule has 0 aliphatic carbocycles. The summed E-state index contributed by atoms with van der Waals surface area (Å²) in [6.07, 6.45) is 4.17. The highest BCUT2D eigenvalue weighted by molar-refractivity contribution is 5.79. The molecular formula is C19H27N5O2. The SMILES string of the molecule is CN=C(NCCCOC1CCOC1)NCc1ccn(-c2ccccc2)n1. The van der Waals surface area contributed by atoms with Gasteiger partial charge in [0.05, 0.1) is 30.6 Å². The van der Waals surface area contributed by atoms with Gasteiger partial charge in [0.2, 0.25) is 0 Å². The van der Waals surface area contributed by atoms with Gasteiger partial charge in [-0.2, -0.15) is 5.10 Å². The number of para-hydroxylation sites is 1. The molecule has 3 rings (SSSR count). The van der Waals surface area contributed by atoms with Crippen molar-refractivity contribution in [2.75, 3.05) is 33.4 Å². The van der Waals surface area contributed by atoms with E-state index in [0.717, 1.165) is 56.5 Å². The second-order valence-corrected chi connectivity index (χ2v) is 6.15. The van der Waals surface area contributed by atoms with Crippen molar-refractivity contribution < 1.29 is 9.47 Å². The van der Waals surface area contributed by atoms with Gasteiger partial charge in [-0.15, -0.1) is 0 Å².